The van der Waals surface area contributed by atoms with Gasteiger partial charge in [0.15, 0.2) is 6.10 Å². The van der Waals surface area contributed by atoms with Crippen LogP contribution in [0.5, 0.6) is 11.5 Å². The Balaban J connectivity index is 1.79. The van der Waals surface area contributed by atoms with Gasteiger partial charge in [-0.2, -0.15) is 4.31 Å². The minimum atomic E-state index is -3.75. The number of ether oxygens (including phenoxy) is 2. The standard InChI is InChI=1S/C21H24Cl2N2O5S/c1-14(30-18-8-6-7-16(22)20(18)23)21(26)24-15-9-10-17(29-2)19(13-15)31(27,28)25-11-4-3-5-12-25/h6-10,13-14H,3-5,11-12H2,1-2H3,(H,24,26). The van der Waals surface area contributed by atoms with Crippen molar-refractivity contribution in [2.24, 2.45) is 0 Å². The van der Waals surface area contributed by atoms with Crippen LogP contribution in [0.2, 0.25) is 10.0 Å². The fourth-order valence-corrected chi connectivity index (χ4v) is 5.30. The number of benzene rings is 2. The number of anilines is 1. The molecule has 1 aliphatic rings. The Labute approximate surface area is 192 Å². The van der Waals surface area contributed by atoms with Gasteiger partial charge in [-0.1, -0.05) is 35.7 Å². The van der Waals surface area contributed by atoms with Crippen LogP contribution in [0.15, 0.2) is 41.3 Å². The molecule has 0 spiro atoms. The van der Waals surface area contributed by atoms with Gasteiger partial charge in [-0.25, -0.2) is 8.42 Å². The molecule has 0 aliphatic carbocycles. The zero-order chi connectivity index (χ0) is 22.6. The van der Waals surface area contributed by atoms with Gasteiger partial charge in [-0.15, -0.1) is 0 Å². The van der Waals surface area contributed by atoms with Gasteiger partial charge in [0.1, 0.15) is 21.4 Å². The third kappa shape index (κ3) is 5.44. The first-order valence-electron chi connectivity index (χ1n) is 9.83. The average Bonchev–Trinajstić information content (AvgIpc) is 2.77. The lowest BCUT2D eigenvalue weighted by atomic mass is 10.2. The van der Waals surface area contributed by atoms with Crippen LogP contribution in [0, 0.1) is 0 Å². The highest BCUT2D eigenvalue weighted by molar-refractivity contribution is 7.89. The molecule has 7 nitrogen and oxygen atoms in total. The van der Waals surface area contributed by atoms with E-state index < -0.39 is 22.0 Å². The van der Waals surface area contributed by atoms with Gasteiger partial charge in [-0.3, -0.25) is 4.79 Å². The third-order valence-electron chi connectivity index (χ3n) is 4.95. The van der Waals surface area contributed by atoms with E-state index in [1.54, 1.807) is 31.2 Å². The number of rotatable bonds is 7. The number of nitrogens with one attached hydrogen (secondary N) is 1. The molecule has 1 heterocycles. The van der Waals surface area contributed by atoms with Crippen LogP contribution in [-0.2, 0) is 14.8 Å². The van der Waals surface area contributed by atoms with E-state index in [4.69, 9.17) is 32.7 Å². The van der Waals surface area contributed by atoms with Crippen LogP contribution in [-0.4, -0.2) is 44.9 Å². The number of halogens is 2. The summed E-state index contributed by atoms with van der Waals surface area (Å²) in [7, 11) is -2.34. The summed E-state index contributed by atoms with van der Waals surface area (Å²) in [6.07, 6.45) is 1.74. The molecule has 2 aromatic carbocycles. The van der Waals surface area contributed by atoms with Gasteiger partial charge >= 0.3 is 0 Å². The van der Waals surface area contributed by atoms with E-state index in [1.807, 2.05) is 0 Å². The smallest absolute Gasteiger partial charge is 0.265 e. The number of piperidine rings is 1. The van der Waals surface area contributed by atoms with E-state index in [2.05, 4.69) is 5.32 Å². The first-order valence-corrected chi connectivity index (χ1v) is 12.0. The van der Waals surface area contributed by atoms with Crippen LogP contribution in [0.4, 0.5) is 5.69 Å². The van der Waals surface area contributed by atoms with E-state index in [0.717, 1.165) is 19.3 Å². The lowest BCUT2D eigenvalue weighted by molar-refractivity contribution is -0.122. The third-order valence-corrected chi connectivity index (χ3v) is 7.67. The van der Waals surface area contributed by atoms with Crippen molar-refractivity contribution in [2.75, 3.05) is 25.5 Å². The van der Waals surface area contributed by atoms with Crippen LogP contribution < -0.4 is 14.8 Å². The molecule has 1 fully saturated rings. The fourth-order valence-electron chi connectivity index (χ4n) is 3.26. The predicted octanol–water partition coefficient (Wildman–Crippen LogP) is 4.58. The maximum Gasteiger partial charge on any atom is 0.265 e. The second-order valence-corrected chi connectivity index (χ2v) is 9.82. The maximum absolute atomic E-state index is 13.1. The van der Waals surface area contributed by atoms with Crippen molar-refractivity contribution in [2.45, 2.75) is 37.2 Å². The number of amides is 1. The second-order valence-electron chi connectivity index (χ2n) is 7.13. The molecule has 10 heteroatoms. The molecule has 1 atom stereocenters. The van der Waals surface area contributed by atoms with Gasteiger partial charge in [0, 0.05) is 18.8 Å². The summed E-state index contributed by atoms with van der Waals surface area (Å²) in [6, 6.07) is 9.38. The van der Waals surface area contributed by atoms with Crippen LogP contribution in [0.1, 0.15) is 26.2 Å². The molecule has 0 bridgehead atoms. The van der Waals surface area contributed by atoms with E-state index in [1.165, 1.54) is 23.5 Å². The molecule has 0 radical (unpaired) electrons. The highest BCUT2D eigenvalue weighted by Gasteiger charge is 2.29. The highest BCUT2D eigenvalue weighted by Crippen LogP contribution is 2.33. The first-order chi connectivity index (χ1) is 14.7. The quantitative estimate of drug-likeness (QED) is 0.618. The summed E-state index contributed by atoms with van der Waals surface area (Å²) < 4.78 is 38.6. The van der Waals surface area contributed by atoms with Crippen LogP contribution >= 0.6 is 23.2 Å². The molecule has 31 heavy (non-hydrogen) atoms. The van der Waals surface area contributed by atoms with Gasteiger partial charge in [0.25, 0.3) is 5.91 Å². The van der Waals surface area contributed by atoms with Crippen molar-refractivity contribution in [1.29, 1.82) is 0 Å². The number of sulfonamides is 1. The minimum absolute atomic E-state index is 0.0150. The molecule has 1 amide bonds. The molecular weight excluding hydrogens is 463 g/mol. The van der Waals surface area contributed by atoms with E-state index in [0.29, 0.717) is 23.8 Å². The molecule has 2 aromatic rings. The number of nitrogens with zero attached hydrogens (tertiary/aromatic N) is 1. The zero-order valence-electron chi connectivity index (χ0n) is 17.2. The number of methoxy groups -OCH3 is 1. The van der Waals surface area contributed by atoms with Crippen molar-refractivity contribution >= 4 is 44.8 Å². The Morgan fingerprint density at radius 3 is 2.48 bits per heavy atom. The maximum atomic E-state index is 13.1. The summed E-state index contributed by atoms with van der Waals surface area (Å²) in [5, 5.41) is 3.21. The van der Waals surface area contributed by atoms with Gasteiger partial charge in [0.2, 0.25) is 10.0 Å². The summed E-state index contributed by atoms with van der Waals surface area (Å²) in [4.78, 5) is 12.6. The lowest BCUT2D eigenvalue weighted by Gasteiger charge is -2.26. The second kappa shape index (κ2) is 10.1. The molecular formula is C21H24Cl2N2O5S. The monoisotopic (exact) mass is 486 g/mol. The van der Waals surface area contributed by atoms with E-state index in [9.17, 15) is 13.2 Å². The molecule has 1 saturated heterocycles. The van der Waals surface area contributed by atoms with Crippen LogP contribution in [0.3, 0.4) is 0 Å². The summed E-state index contributed by atoms with van der Waals surface area (Å²) in [6.45, 7) is 2.49. The zero-order valence-corrected chi connectivity index (χ0v) is 19.6. The summed E-state index contributed by atoms with van der Waals surface area (Å²) >= 11 is 12.1. The van der Waals surface area contributed by atoms with Gasteiger partial charge in [0.05, 0.1) is 12.1 Å². The lowest BCUT2D eigenvalue weighted by Crippen LogP contribution is -2.36. The fraction of sp³-hybridized carbons (Fsp3) is 0.381. The topological polar surface area (TPSA) is 84.9 Å². The largest absolute Gasteiger partial charge is 0.495 e. The Hall–Kier alpha value is -2.00. The average molecular weight is 487 g/mol. The number of hydrogen-bond acceptors (Lipinski definition) is 5. The van der Waals surface area contributed by atoms with Crippen LogP contribution in [0.25, 0.3) is 0 Å². The SMILES string of the molecule is COc1ccc(NC(=O)C(C)Oc2cccc(Cl)c2Cl)cc1S(=O)(=O)N1CCCCC1. The summed E-state index contributed by atoms with van der Waals surface area (Å²) in [5.41, 5.74) is 0.314. The van der Waals surface area contributed by atoms with Crippen molar-refractivity contribution in [3.8, 4) is 11.5 Å². The molecule has 1 N–H and O–H groups in total. The molecule has 0 saturated carbocycles. The summed E-state index contributed by atoms with van der Waals surface area (Å²) in [5.74, 6) is 0.0287. The van der Waals surface area contributed by atoms with Gasteiger partial charge < -0.3 is 14.8 Å². The van der Waals surface area contributed by atoms with E-state index in [-0.39, 0.29) is 21.4 Å². The number of carbonyl (C=O) groups excluding carboxylic acids is 1. The molecule has 0 aromatic heterocycles. The van der Waals surface area contributed by atoms with Crippen molar-refractivity contribution in [1.82, 2.24) is 4.31 Å². The van der Waals surface area contributed by atoms with Crippen molar-refractivity contribution in [3.05, 3.63) is 46.4 Å². The van der Waals surface area contributed by atoms with E-state index >= 15 is 0 Å². The highest BCUT2D eigenvalue weighted by atomic mass is 35.5. The molecule has 3 rings (SSSR count). The Bertz CT molecular complexity index is 1060. The Morgan fingerprint density at radius 2 is 1.81 bits per heavy atom. The Kier molecular flexibility index (Phi) is 7.69. The minimum Gasteiger partial charge on any atom is -0.495 e. The first kappa shape index (κ1) is 23.7. The molecule has 168 valence electrons. The Morgan fingerprint density at radius 1 is 1.10 bits per heavy atom. The predicted molar refractivity (Wildman–Crippen MR) is 121 cm³/mol. The van der Waals surface area contributed by atoms with Crippen molar-refractivity contribution in [3.63, 3.8) is 0 Å². The van der Waals surface area contributed by atoms with Gasteiger partial charge in [-0.05, 0) is 50.1 Å². The number of hydrogen-bond donors (Lipinski definition) is 1. The normalized spacial score (nSPS) is 15.9. The number of carbonyl (C=O) groups is 1. The van der Waals surface area contributed by atoms with Crippen molar-refractivity contribution < 1.29 is 22.7 Å². The molecule has 1 aliphatic heterocycles. The molecule has 1 unspecified atom stereocenters.